The predicted molar refractivity (Wildman–Crippen MR) is 141 cm³/mol. The average molecular weight is 502 g/mol. The van der Waals surface area contributed by atoms with Gasteiger partial charge < -0.3 is 9.88 Å². The molecule has 3 heterocycles. The molecular formula is C28H32FN7O. The lowest BCUT2D eigenvalue weighted by Crippen LogP contribution is -2.49. The normalized spacial score (nSPS) is 18.4. The summed E-state index contributed by atoms with van der Waals surface area (Å²) in [5, 5.41) is 14.0. The third kappa shape index (κ3) is 4.64. The molecule has 9 heteroatoms. The van der Waals surface area contributed by atoms with Gasteiger partial charge in [0.25, 0.3) is 5.56 Å². The van der Waals surface area contributed by atoms with Gasteiger partial charge in [-0.25, -0.2) is 9.07 Å². The molecule has 1 atom stereocenters. The number of fused-ring (bicyclic) bond motifs is 1. The van der Waals surface area contributed by atoms with E-state index in [2.05, 4.69) is 30.3 Å². The first-order valence-electron chi connectivity index (χ1n) is 13.2. The second kappa shape index (κ2) is 10.0. The summed E-state index contributed by atoms with van der Waals surface area (Å²) in [7, 11) is 0. The van der Waals surface area contributed by atoms with Crippen molar-refractivity contribution >= 4 is 16.6 Å². The van der Waals surface area contributed by atoms with Crippen molar-refractivity contribution in [2.75, 3.05) is 31.1 Å². The number of aryl methyl sites for hydroxylation is 1. The van der Waals surface area contributed by atoms with Crippen LogP contribution >= 0.6 is 0 Å². The van der Waals surface area contributed by atoms with Crippen molar-refractivity contribution < 1.29 is 4.39 Å². The Morgan fingerprint density at radius 1 is 1.00 bits per heavy atom. The van der Waals surface area contributed by atoms with Crippen molar-refractivity contribution in [2.45, 2.75) is 51.1 Å². The fourth-order valence-corrected chi connectivity index (χ4v) is 5.96. The van der Waals surface area contributed by atoms with E-state index in [1.54, 1.807) is 0 Å². The minimum absolute atomic E-state index is 0.106. The number of nitrogens with zero attached hydrogens (tertiary/aromatic N) is 6. The number of benzene rings is 2. The molecule has 6 rings (SSSR count). The van der Waals surface area contributed by atoms with Crippen LogP contribution in [0.3, 0.4) is 0 Å². The van der Waals surface area contributed by atoms with Crippen LogP contribution in [-0.4, -0.2) is 56.3 Å². The van der Waals surface area contributed by atoms with Gasteiger partial charge in [0.05, 0.1) is 11.6 Å². The number of para-hydroxylation sites is 1. The molecule has 0 amide bonds. The lowest BCUT2D eigenvalue weighted by atomic mass is 9.95. The van der Waals surface area contributed by atoms with E-state index in [1.807, 2.05) is 48.0 Å². The zero-order chi connectivity index (χ0) is 25.4. The summed E-state index contributed by atoms with van der Waals surface area (Å²) in [4.78, 5) is 21.3. The number of rotatable bonds is 5. The third-order valence-electron chi connectivity index (χ3n) is 7.97. The molecule has 0 unspecified atom stereocenters. The van der Waals surface area contributed by atoms with E-state index in [4.69, 9.17) is 0 Å². The molecule has 4 aromatic rings. The second-order valence-electron chi connectivity index (χ2n) is 10.3. The van der Waals surface area contributed by atoms with Crippen molar-refractivity contribution in [3.8, 4) is 0 Å². The Labute approximate surface area is 215 Å². The maximum Gasteiger partial charge on any atom is 0.253 e. The highest BCUT2D eigenvalue weighted by molar-refractivity contribution is 5.82. The first kappa shape index (κ1) is 23.8. The quantitative estimate of drug-likeness (QED) is 0.437. The van der Waals surface area contributed by atoms with Gasteiger partial charge in [-0.1, -0.05) is 37.5 Å². The molecule has 192 valence electrons. The summed E-state index contributed by atoms with van der Waals surface area (Å²) >= 11 is 0. The van der Waals surface area contributed by atoms with Gasteiger partial charge in [0.2, 0.25) is 0 Å². The second-order valence-corrected chi connectivity index (χ2v) is 10.3. The lowest BCUT2D eigenvalue weighted by molar-refractivity contribution is 0.192. The highest BCUT2D eigenvalue weighted by atomic mass is 19.1. The molecule has 1 N–H and O–H groups in total. The largest absolute Gasteiger partial charge is 0.369 e. The van der Waals surface area contributed by atoms with Crippen LogP contribution in [0.1, 0.15) is 61.1 Å². The maximum absolute atomic E-state index is 13.6. The number of halogens is 1. The number of tetrazole rings is 1. The highest BCUT2D eigenvalue weighted by Gasteiger charge is 2.34. The van der Waals surface area contributed by atoms with Crippen LogP contribution in [0.5, 0.6) is 0 Å². The molecule has 2 aliphatic rings. The Balaban J connectivity index is 1.38. The van der Waals surface area contributed by atoms with Crippen molar-refractivity contribution in [1.82, 2.24) is 30.1 Å². The van der Waals surface area contributed by atoms with Gasteiger partial charge in [-0.05, 0) is 71.5 Å². The first-order valence-corrected chi connectivity index (χ1v) is 13.2. The smallest absolute Gasteiger partial charge is 0.253 e. The van der Waals surface area contributed by atoms with Gasteiger partial charge in [0.15, 0.2) is 5.82 Å². The Kier molecular flexibility index (Phi) is 6.46. The molecule has 8 nitrogen and oxygen atoms in total. The Bertz CT molecular complexity index is 1430. The number of piperazine rings is 1. The van der Waals surface area contributed by atoms with Crippen LogP contribution in [0.25, 0.3) is 10.9 Å². The zero-order valence-electron chi connectivity index (χ0n) is 21.1. The van der Waals surface area contributed by atoms with Crippen molar-refractivity contribution in [1.29, 1.82) is 0 Å². The molecule has 0 spiro atoms. The molecule has 0 bridgehead atoms. The van der Waals surface area contributed by atoms with Crippen molar-refractivity contribution in [3.63, 3.8) is 0 Å². The van der Waals surface area contributed by atoms with Crippen molar-refractivity contribution in [3.05, 3.63) is 81.7 Å². The van der Waals surface area contributed by atoms with Gasteiger partial charge in [0.1, 0.15) is 11.9 Å². The number of aromatic nitrogens is 5. The van der Waals surface area contributed by atoms with E-state index in [-0.39, 0.29) is 23.5 Å². The third-order valence-corrected chi connectivity index (χ3v) is 7.97. The van der Waals surface area contributed by atoms with E-state index in [1.165, 1.54) is 31.4 Å². The summed E-state index contributed by atoms with van der Waals surface area (Å²) in [6.07, 6.45) is 5.68. The fraction of sp³-hybridized carbons (Fsp3) is 0.429. The molecule has 2 fully saturated rings. The first-order chi connectivity index (χ1) is 18.1. The minimum atomic E-state index is -0.360. The Hall–Kier alpha value is -3.59. The van der Waals surface area contributed by atoms with E-state index >= 15 is 0 Å². The lowest BCUT2D eigenvalue weighted by Gasteiger charge is -2.40. The molecule has 37 heavy (non-hydrogen) atoms. The standard InChI is InChI=1S/C28H32FN7O/c1-19-6-5-7-20-18-24(28(37)30-25(19)20)26(27-31-32-33-36(27)23-8-3-2-4-9-23)35-16-14-34(15-17-35)22-12-10-21(29)11-13-22/h5-7,10-13,18,23,26H,2-4,8-9,14-17H2,1H3,(H,30,37)/t26-/m1/s1. The monoisotopic (exact) mass is 501 g/mol. The van der Waals surface area contributed by atoms with Gasteiger partial charge >= 0.3 is 0 Å². The molecular weight excluding hydrogens is 469 g/mol. The van der Waals surface area contributed by atoms with E-state index in [9.17, 15) is 9.18 Å². The predicted octanol–water partition coefficient (Wildman–Crippen LogP) is 4.38. The van der Waals surface area contributed by atoms with Crippen LogP contribution in [0, 0.1) is 12.7 Å². The van der Waals surface area contributed by atoms with Crippen LogP contribution in [0.2, 0.25) is 0 Å². The van der Waals surface area contributed by atoms with Gasteiger partial charge in [-0.2, -0.15) is 0 Å². The summed E-state index contributed by atoms with van der Waals surface area (Å²) in [5.74, 6) is 0.502. The summed E-state index contributed by atoms with van der Waals surface area (Å²) < 4.78 is 15.4. The van der Waals surface area contributed by atoms with Crippen LogP contribution in [-0.2, 0) is 0 Å². The number of hydrogen-bond donors (Lipinski definition) is 1. The number of H-pyrrole nitrogens is 1. The van der Waals surface area contributed by atoms with Crippen LogP contribution in [0.15, 0.2) is 53.3 Å². The summed E-state index contributed by atoms with van der Waals surface area (Å²) in [6, 6.07) is 14.6. The molecule has 1 saturated heterocycles. The van der Waals surface area contributed by atoms with E-state index in [0.717, 1.165) is 67.0 Å². The van der Waals surface area contributed by atoms with Crippen LogP contribution in [0.4, 0.5) is 10.1 Å². The molecule has 2 aromatic carbocycles. The molecule has 1 aliphatic heterocycles. The Morgan fingerprint density at radius 2 is 1.76 bits per heavy atom. The summed E-state index contributed by atoms with van der Waals surface area (Å²) in [6.45, 7) is 4.99. The Morgan fingerprint density at radius 3 is 2.51 bits per heavy atom. The summed E-state index contributed by atoms with van der Waals surface area (Å²) in [5.41, 5.74) is 3.47. The average Bonchev–Trinajstić information content (AvgIpc) is 3.41. The minimum Gasteiger partial charge on any atom is -0.369 e. The molecule has 1 aliphatic carbocycles. The number of nitrogens with one attached hydrogen (secondary N) is 1. The van der Waals surface area contributed by atoms with Gasteiger partial charge in [-0.15, -0.1) is 5.10 Å². The zero-order valence-corrected chi connectivity index (χ0v) is 21.1. The SMILES string of the molecule is Cc1cccc2cc([C@H](c3nnnn3C3CCCCC3)N3CCN(c4ccc(F)cc4)CC3)c(=O)[nH]c12. The topological polar surface area (TPSA) is 82.9 Å². The van der Waals surface area contributed by atoms with Crippen molar-refractivity contribution in [2.24, 2.45) is 0 Å². The number of pyridine rings is 1. The highest BCUT2D eigenvalue weighted by Crippen LogP contribution is 2.34. The van der Waals surface area contributed by atoms with E-state index in [0.29, 0.717) is 5.56 Å². The fourth-order valence-electron chi connectivity index (χ4n) is 5.96. The molecule has 2 aromatic heterocycles. The number of hydrogen-bond acceptors (Lipinski definition) is 6. The molecule has 1 saturated carbocycles. The maximum atomic E-state index is 13.6. The molecule has 0 radical (unpaired) electrons. The van der Waals surface area contributed by atoms with Gasteiger partial charge in [-0.3, -0.25) is 9.69 Å². The van der Waals surface area contributed by atoms with Crippen LogP contribution < -0.4 is 10.5 Å². The number of aromatic amines is 1. The number of anilines is 1. The van der Waals surface area contributed by atoms with Gasteiger partial charge in [0, 0.05) is 37.4 Å². The van der Waals surface area contributed by atoms with E-state index < -0.39 is 0 Å².